The molecule has 178 valence electrons. The van der Waals surface area contributed by atoms with Crippen LogP contribution >= 0.6 is 0 Å². The van der Waals surface area contributed by atoms with Crippen molar-refractivity contribution in [1.29, 1.82) is 0 Å². The monoisotopic (exact) mass is 452 g/mol. The third-order valence-electron chi connectivity index (χ3n) is 4.53. The van der Waals surface area contributed by atoms with E-state index in [0.29, 0.717) is 44.8 Å². The minimum absolute atomic E-state index is 0.175. The first-order valence-electron chi connectivity index (χ1n) is 10.2. The van der Waals surface area contributed by atoms with Crippen LogP contribution in [0.25, 0.3) is 0 Å². The zero-order valence-corrected chi connectivity index (χ0v) is 18.7. The number of methoxy groups -OCH3 is 2. The van der Waals surface area contributed by atoms with Gasteiger partial charge in [-0.1, -0.05) is 12.1 Å². The number of hydrogen-bond acceptors (Lipinski definition) is 9. The van der Waals surface area contributed by atoms with E-state index >= 15 is 0 Å². The fourth-order valence-electron chi connectivity index (χ4n) is 2.70. The van der Waals surface area contributed by atoms with Gasteiger partial charge in [0.1, 0.15) is 18.6 Å². The predicted octanol–water partition coefficient (Wildman–Crippen LogP) is -0.762. The van der Waals surface area contributed by atoms with Crippen molar-refractivity contribution in [3.63, 3.8) is 0 Å². The van der Waals surface area contributed by atoms with E-state index in [2.05, 4.69) is 30.7 Å². The highest BCUT2D eigenvalue weighted by Crippen LogP contribution is 2.25. The van der Waals surface area contributed by atoms with E-state index in [1.807, 2.05) is 19.1 Å². The Hall–Kier alpha value is -3.18. The molecule has 0 fully saturated rings. The predicted molar refractivity (Wildman–Crippen MR) is 116 cm³/mol. The second kappa shape index (κ2) is 14.8. The maximum absolute atomic E-state index is 11.5. The lowest BCUT2D eigenvalue weighted by molar-refractivity contribution is -0.145. The van der Waals surface area contributed by atoms with E-state index in [4.69, 9.17) is 0 Å². The molecule has 0 saturated heterocycles. The topological polar surface area (TPSA) is 155 Å². The van der Waals surface area contributed by atoms with E-state index in [1.165, 1.54) is 14.2 Å². The van der Waals surface area contributed by atoms with Crippen molar-refractivity contribution in [2.45, 2.75) is 32.9 Å². The largest absolute Gasteiger partial charge is 0.507 e. The van der Waals surface area contributed by atoms with Gasteiger partial charge in [0.05, 0.1) is 14.2 Å². The number of benzene rings is 1. The van der Waals surface area contributed by atoms with Crippen LogP contribution in [0.4, 0.5) is 0 Å². The zero-order chi connectivity index (χ0) is 23.9. The molecule has 2 amide bonds. The molecular weight excluding hydrogens is 420 g/mol. The molecule has 1 aromatic rings. The maximum Gasteiger partial charge on any atom is 0.315 e. The van der Waals surface area contributed by atoms with Gasteiger partial charge in [-0.05, 0) is 12.5 Å². The fraction of sp³-hybridized carbons (Fsp3) is 0.524. The minimum Gasteiger partial charge on any atom is -0.507 e. The number of esters is 2. The maximum atomic E-state index is 11.5. The standard InChI is InChI=1S/C21H32N4O7/c1-14-4-5-15(12-22-6-8-24-17(26)10-19(28)31-2)21(30)16(14)13-23-7-9-25-18(27)11-20(29)32-3/h4-5,22-23,30H,6-13H2,1-3H3,(H,24,26)(H,25,27). The normalized spacial score (nSPS) is 10.3. The minimum atomic E-state index is -0.593. The molecule has 0 radical (unpaired) electrons. The molecule has 0 unspecified atom stereocenters. The average molecular weight is 453 g/mol. The smallest absolute Gasteiger partial charge is 0.315 e. The van der Waals surface area contributed by atoms with Gasteiger partial charge in [0.15, 0.2) is 0 Å². The van der Waals surface area contributed by atoms with Crippen molar-refractivity contribution in [3.05, 3.63) is 28.8 Å². The van der Waals surface area contributed by atoms with Crippen LogP contribution in [-0.2, 0) is 41.7 Å². The number of amides is 2. The van der Waals surface area contributed by atoms with Crippen LogP contribution in [0, 0.1) is 6.92 Å². The Kier molecular flexibility index (Phi) is 12.4. The molecule has 0 heterocycles. The molecular formula is C21H32N4O7. The molecule has 32 heavy (non-hydrogen) atoms. The van der Waals surface area contributed by atoms with E-state index < -0.39 is 23.8 Å². The molecule has 1 aromatic carbocycles. The number of rotatable bonds is 14. The first-order chi connectivity index (χ1) is 15.3. The first kappa shape index (κ1) is 26.9. The molecule has 0 atom stereocenters. The van der Waals surface area contributed by atoms with E-state index in [-0.39, 0.29) is 18.6 Å². The summed E-state index contributed by atoms with van der Waals surface area (Å²) in [5.41, 5.74) is 2.37. The number of phenols is 1. The molecule has 0 aromatic heterocycles. The van der Waals surface area contributed by atoms with Crippen LogP contribution in [0.3, 0.4) is 0 Å². The van der Waals surface area contributed by atoms with Crippen LogP contribution in [0.5, 0.6) is 5.75 Å². The molecule has 0 spiro atoms. The van der Waals surface area contributed by atoms with Gasteiger partial charge in [0.2, 0.25) is 11.8 Å². The number of carbonyl (C=O) groups is 4. The molecule has 5 N–H and O–H groups in total. The quantitative estimate of drug-likeness (QED) is 0.139. The number of ether oxygens (including phenoxy) is 2. The van der Waals surface area contributed by atoms with Crippen LogP contribution in [0.15, 0.2) is 12.1 Å². The van der Waals surface area contributed by atoms with Crippen LogP contribution in [0.1, 0.15) is 29.5 Å². The van der Waals surface area contributed by atoms with E-state index in [9.17, 15) is 24.3 Å². The highest BCUT2D eigenvalue weighted by molar-refractivity contribution is 5.94. The summed E-state index contributed by atoms with van der Waals surface area (Å²) in [6, 6.07) is 3.73. The van der Waals surface area contributed by atoms with Gasteiger partial charge in [0, 0.05) is 50.4 Å². The van der Waals surface area contributed by atoms with Crippen molar-refractivity contribution >= 4 is 23.8 Å². The molecule has 11 nitrogen and oxygen atoms in total. The molecule has 0 saturated carbocycles. The van der Waals surface area contributed by atoms with Gasteiger partial charge in [-0.25, -0.2) is 0 Å². The van der Waals surface area contributed by atoms with Crippen molar-refractivity contribution in [2.24, 2.45) is 0 Å². The van der Waals surface area contributed by atoms with Crippen molar-refractivity contribution in [3.8, 4) is 5.75 Å². The molecule has 0 aliphatic carbocycles. The van der Waals surface area contributed by atoms with Gasteiger partial charge in [-0.3, -0.25) is 19.2 Å². The van der Waals surface area contributed by atoms with Crippen molar-refractivity contribution in [1.82, 2.24) is 21.3 Å². The number of phenolic OH excluding ortho intramolecular Hbond substituents is 1. The lowest BCUT2D eigenvalue weighted by atomic mass is 10.0. The summed E-state index contributed by atoms with van der Waals surface area (Å²) in [5.74, 6) is -1.83. The summed E-state index contributed by atoms with van der Waals surface area (Å²) in [5, 5.41) is 22.1. The highest BCUT2D eigenvalue weighted by atomic mass is 16.5. The van der Waals surface area contributed by atoms with E-state index in [0.717, 1.165) is 11.1 Å². The van der Waals surface area contributed by atoms with Gasteiger partial charge in [-0.15, -0.1) is 0 Å². The SMILES string of the molecule is COC(=O)CC(=O)NCCNCc1ccc(C)c(CNCCNC(=O)CC(=O)OC)c1O. The van der Waals surface area contributed by atoms with Crippen LogP contribution in [-0.4, -0.2) is 69.3 Å². The Morgan fingerprint density at radius 3 is 1.81 bits per heavy atom. The highest BCUT2D eigenvalue weighted by Gasteiger charge is 2.12. The van der Waals surface area contributed by atoms with E-state index in [1.54, 1.807) is 0 Å². The van der Waals surface area contributed by atoms with Gasteiger partial charge >= 0.3 is 11.9 Å². The lowest BCUT2D eigenvalue weighted by Crippen LogP contribution is -2.33. The summed E-state index contributed by atoms with van der Waals surface area (Å²) in [4.78, 5) is 45.1. The summed E-state index contributed by atoms with van der Waals surface area (Å²) in [6.07, 6.45) is -0.638. The number of carbonyl (C=O) groups excluding carboxylic acids is 4. The van der Waals surface area contributed by atoms with Crippen LogP contribution < -0.4 is 21.3 Å². The Morgan fingerprint density at radius 1 is 0.812 bits per heavy atom. The third-order valence-corrected chi connectivity index (χ3v) is 4.53. The lowest BCUT2D eigenvalue weighted by Gasteiger charge is -2.14. The molecule has 11 heteroatoms. The third kappa shape index (κ3) is 10.2. The second-order valence-corrected chi connectivity index (χ2v) is 6.93. The Balaban J connectivity index is 2.38. The second-order valence-electron chi connectivity index (χ2n) is 6.93. The first-order valence-corrected chi connectivity index (χ1v) is 10.2. The van der Waals surface area contributed by atoms with Gasteiger partial charge in [0.25, 0.3) is 0 Å². The summed E-state index contributed by atoms with van der Waals surface area (Å²) in [7, 11) is 2.45. The van der Waals surface area contributed by atoms with Crippen molar-refractivity contribution < 1.29 is 33.8 Å². The van der Waals surface area contributed by atoms with Crippen LogP contribution in [0.2, 0.25) is 0 Å². The van der Waals surface area contributed by atoms with Gasteiger partial charge in [-0.2, -0.15) is 0 Å². The summed E-state index contributed by atoms with van der Waals surface area (Å²) < 4.78 is 8.86. The fourth-order valence-corrected chi connectivity index (χ4v) is 2.70. The Bertz CT molecular complexity index is 799. The average Bonchev–Trinajstić information content (AvgIpc) is 2.76. The molecule has 1 rings (SSSR count). The summed E-state index contributed by atoms with van der Waals surface area (Å²) >= 11 is 0. The number of aryl methyl sites for hydroxylation is 1. The number of hydrogen-bond donors (Lipinski definition) is 5. The molecule has 0 aliphatic rings. The van der Waals surface area contributed by atoms with Gasteiger partial charge < -0.3 is 35.8 Å². The molecule has 0 bridgehead atoms. The molecule has 0 aliphatic heterocycles. The Morgan fingerprint density at radius 2 is 1.31 bits per heavy atom. The zero-order valence-electron chi connectivity index (χ0n) is 18.7. The Labute approximate surface area is 187 Å². The number of aromatic hydroxyl groups is 1. The van der Waals surface area contributed by atoms with Crippen molar-refractivity contribution in [2.75, 3.05) is 40.4 Å². The number of nitrogens with one attached hydrogen (secondary N) is 4. The summed E-state index contributed by atoms with van der Waals surface area (Å²) in [6.45, 7) is 4.27.